The van der Waals surface area contributed by atoms with Gasteiger partial charge in [0.1, 0.15) is 23.9 Å². The Morgan fingerprint density at radius 2 is 1.76 bits per heavy atom. The zero-order valence-corrected chi connectivity index (χ0v) is 25.7. The fourth-order valence-corrected chi connectivity index (χ4v) is 6.16. The first-order valence-corrected chi connectivity index (χ1v) is 15.1. The molecule has 3 N–H and O–H groups in total. The van der Waals surface area contributed by atoms with Crippen LogP contribution in [0.25, 0.3) is 11.1 Å². The van der Waals surface area contributed by atoms with Crippen LogP contribution in [-0.4, -0.2) is 60.3 Å². The molecule has 42 heavy (non-hydrogen) atoms. The molecule has 2 heterocycles. The van der Waals surface area contributed by atoms with E-state index in [1.54, 1.807) is 6.07 Å². The van der Waals surface area contributed by atoms with Gasteiger partial charge in [0.25, 0.3) is 0 Å². The number of benzene rings is 3. The SMILES string of the molecule is Cc1cc(CNC2(C)CCOC2O)c(O)cc1OCc1cccc(-c2cccc(OCC3CCCN(C)C3)c2C)c1C. The minimum absolute atomic E-state index is 0.165. The molecule has 0 aliphatic carbocycles. The van der Waals surface area contributed by atoms with E-state index in [4.69, 9.17) is 14.2 Å². The van der Waals surface area contributed by atoms with E-state index in [1.807, 2.05) is 19.9 Å². The van der Waals surface area contributed by atoms with Crippen LogP contribution >= 0.6 is 0 Å². The Morgan fingerprint density at radius 3 is 2.50 bits per heavy atom. The number of aryl methyl sites for hydroxylation is 1. The molecule has 0 amide bonds. The van der Waals surface area contributed by atoms with Gasteiger partial charge in [-0.1, -0.05) is 30.3 Å². The number of hydrogen-bond donors (Lipinski definition) is 3. The van der Waals surface area contributed by atoms with Gasteiger partial charge in [-0.05, 0) is 106 Å². The molecule has 2 saturated heterocycles. The number of piperidine rings is 1. The molecule has 2 aliphatic heterocycles. The predicted octanol–water partition coefficient (Wildman–Crippen LogP) is 5.87. The zero-order chi connectivity index (χ0) is 29.9. The summed E-state index contributed by atoms with van der Waals surface area (Å²) < 4.78 is 17.9. The van der Waals surface area contributed by atoms with E-state index in [0.29, 0.717) is 37.8 Å². The van der Waals surface area contributed by atoms with E-state index in [-0.39, 0.29) is 5.75 Å². The van der Waals surface area contributed by atoms with Crippen LogP contribution in [0.15, 0.2) is 48.5 Å². The smallest absolute Gasteiger partial charge is 0.172 e. The van der Waals surface area contributed by atoms with Crippen molar-refractivity contribution in [3.8, 4) is 28.4 Å². The summed E-state index contributed by atoms with van der Waals surface area (Å²) in [6.45, 7) is 12.5. The fraction of sp³-hybridized carbons (Fsp3) is 0.486. The topological polar surface area (TPSA) is 83.4 Å². The molecule has 0 bridgehead atoms. The van der Waals surface area contributed by atoms with E-state index < -0.39 is 11.8 Å². The standard InChI is InChI=1S/C35H46N2O5/c1-23-17-28(19-36-35(4)14-16-40-34(35)39)31(38)18-33(23)42-22-27-10-6-11-29(24(27)2)30-12-7-13-32(25(30)3)41-21-26-9-8-15-37(5)20-26/h6-7,10-13,17-18,26,34,36,38-39H,8-9,14-16,19-22H2,1-5H3. The Morgan fingerprint density at radius 1 is 1.00 bits per heavy atom. The minimum atomic E-state index is -0.857. The molecular weight excluding hydrogens is 528 g/mol. The van der Waals surface area contributed by atoms with Gasteiger partial charge in [-0.25, -0.2) is 0 Å². The average Bonchev–Trinajstić information content (AvgIpc) is 3.30. The summed E-state index contributed by atoms with van der Waals surface area (Å²) >= 11 is 0. The van der Waals surface area contributed by atoms with Crippen LogP contribution in [0.2, 0.25) is 0 Å². The van der Waals surface area contributed by atoms with Crippen molar-refractivity contribution >= 4 is 0 Å². The highest BCUT2D eigenvalue weighted by molar-refractivity contribution is 5.73. The molecule has 3 aromatic carbocycles. The van der Waals surface area contributed by atoms with E-state index in [1.165, 1.54) is 36.1 Å². The molecule has 2 aliphatic rings. The van der Waals surface area contributed by atoms with Crippen molar-refractivity contribution in [3.05, 3.63) is 76.3 Å². The first-order valence-electron chi connectivity index (χ1n) is 15.1. The van der Waals surface area contributed by atoms with Gasteiger partial charge in [-0.15, -0.1) is 0 Å². The summed E-state index contributed by atoms with van der Waals surface area (Å²) in [6, 6.07) is 16.3. The maximum absolute atomic E-state index is 10.8. The first kappa shape index (κ1) is 30.4. The quantitative estimate of drug-likeness (QED) is 0.279. The van der Waals surface area contributed by atoms with Crippen LogP contribution in [0.5, 0.6) is 17.2 Å². The number of rotatable bonds is 10. The van der Waals surface area contributed by atoms with E-state index in [9.17, 15) is 10.2 Å². The minimum Gasteiger partial charge on any atom is -0.507 e. The summed E-state index contributed by atoms with van der Waals surface area (Å²) in [5, 5.41) is 24.2. The Bertz CT molecular complexity index is 1390. The third kappa shape index (κ3) is 6.76. The lowest BCUT2D eigenvalue weighted by Crippen LogP contribution is -2.48. The van der Waals surface area contributed by atoms with Gasteiger partial charge in [-0.2, -0.15) is 0 Å². The third-order valence-electron chi connectivity index (χ3n) is 9.10. The number of nitrogens with one attached hydrogen (secondary N) is 1. The molecule has 3 aromatic rings. The van der Waals surface area contributed by atoms with Crippen LogP contribution < -0.4 is 14.8 Å². The molecule has 0 saturated carbocycles. The Balaban J connectivity index is 1.26. The molecule has 226 valence electrons. The van der Waals surface area contributed by atoms with Gasteiger partial charge < -0.3 is 34.6 Å². The van der Waals surface area contributed by atoms with Crippen molar-refractivity contribution in [1.82, 2.24) is 10.2 Å². The van der Waals surface area contributed by atoms with Gasteiger partial charge in [0.05, 0.1) is 18.8 Å². The van der Waals surface area contributed by atoms with Crippen LogP contribution in [-0.2, 0) is 17.9 Å². The van der Waals surface area contributed by atoms with Crippen molar-refractivity contribution in [2.75, 3.05) is 33.4 Å². The lowest BCUT2D eigenvalue weighted by molar-refractivity contribution is -0.0950. The van der Waals surface area contributed by atoms with Crippen LogP contribution in [0.1, 0.15) is 54.0 Å². The predicted molar refractivity (Wildman–Crippen MR) is 166 cm³/mol. The zero-order valence-electron chi connectivity index (χ0n) is 25.7. The average molecular weight is 575 g/mol. The highest BCUT2D eigenvalue weighted by Crippen LogP contribution is 2.35. The number of aliphatic hydroxyl groups is 1. The first-order chi connectivity index (χ1) is 20.1. The van der Waals surface area contributed by atoms with Gasteiger partial charge >= 0.3 is 0 Å². The van der Waals surface area contributed by atoms with Crippen LogP contribution in [0.3, 0.4) is 0 Å². The van der Waals surface area contributed by atoms with E-state index in [0.717, 1.165) is 41.2 Å². The number of phenols is 1. The Kier molecular flexibility index (Phi) is 9.43. The summed E-state index contributed by atoms with van der Waals surface area (Å²) in [6.07, 6.45) is 2.31. The monoisotopic (exact) mass is 574 g/mol. The second kappa shape index (κ2) is 13.0. The largest absolute Gasteiger partial charge is 0.507 e. The van der Waals surface area contributed by atoms with E-state index >= 15 is 0 Å². The molecule has 5 rings (SSSR count). The molecule has 0 spiro atoms. The fourth-order valence-electron chi connectivity index (χ4n) is 6.16. The number of phenolic OH excluding ortho intramolecular Hbond substituents is 1. The van der Waals surface area contributed by atoms with Crippen molar-refractivity contribution in [1.29, 1.82) is 0 Å². The second-order valence-corrected chi connectivity index (χ2v) is 12.4. The van der Waals surface area contributed by atoms with E-state index in [2.05, 4.69) is 67.5 Å². The summed E-state index contributed by atoms with van der Waals surface area (Å²) in [7, 11) is 2.19. The lowest BCUT2D eigenvalue weighted by Gasteiger charge is -2.29. The Hall–Kier alpha value is -3.10. The second-order valence-electron chi connectivity index (χ2n) is 12.4. The van der Waals surface area contributed by atoms with Crippen LogP contribution in [0, 0.1) is 26.7 Å². The van der Waals surface area contributed by atoms with Gasteiger partial charge in [0.15, 0.2) is 6.29 Å². The van der Waals surface area contributed by atoms with Gasteiger partial charge in [0.2, 0.25) is 0 Å². The van der Waals surface area contributed by atoms with Crippen molar-refractivity contribution in [2.45, 2.75) is 71.9 Å². The Labute approximate surface area is 250 Å². The molecule has 0 aromatic heterocycles. The maximum atomic E-state index is 10.8. The van der Waals surface area contributed by atoms with Crippen molar-refractivity contribution in [2.24, 2.45) is 5.92 Å². The van der Waals surface area contributed by atoms with Gasteiger partial charge in [0, 0.05) is 30.6 Å². The third-order valence-corrected chi connectivity index (χ3v) is 9.10. The molecule has 3 atom stereocenters. The number of nitrogens with zero attached hydrogens (tertiary/aromatic N) is 1. The highest BCUT2D eigenvalue weighted by atomic mass is 16.6. The normalized spacial score (nSPS) is 22.8. The summed E-state index contributed by atoms with van der Waals surface area (Å²) in [5.74, 6) is 2.33. The summed E-state index contributed by atoms with van der Waals surface area (Å²) in [4.78, 5) is 2.39. The number of ether oxygens (including phenoxy) is 3. The molecule has 7 heteroatoms. The van der Waals surface area contributed by atoms with Gasteiger partial charge in [-0.3, -0.25) is 0 Å². The summed E-state index contributed by atoms with van der Waals surface area (Å²) in [5.41, 5.74) is 6.92. The number of likely N-dealkylation sites (tertiary alicyclic amines) is 1. The van der Waals surface area contributed by atoms with Crippen LogP contribution in [0.4, 0.5) is 0 Å². The maximum Gasteiger partial charge on any atom is 0.172 e. The molecular formula is C35H46N2O5. The molecule has 3 unspecified atom stereocenters. The molecule has 0 radical (unpaired) electrons. The van der Waals surface area contributed by atoms with Crippen molar-refractivity contribution < 1.29 is 24.4 Å². The number of aliphatic hydroxyl groups excluding tert-OH is 1. The molecule has 7 nitrogen and oxygen atoms in total. The van der Waals surface area contributed by atoms with Crippen molar-refractivity contribution in [3.63, 3.8) is 0 Å². The molecule has 2 fully saturated rings. The number of hydrogen-bond acceptors (Lipinski definition) is 7. The lowest BCUT2D eigenvalue weighted by atomic mass is 9.93. The highest BCUT2D eigenvalue weighted by Gasteiger charge is 2.38. The number of aromatic hydroxyl groups is 1.